The zero-order valence-electron chi connectivity index (χ0n) is 11.4. The summed E-state index contributed by atoms with van der Waals surface area (Å²) in [6.45, 7) is 7.33. The Morgan fingerprint density at radius 1 is 1.47 bits per heavy atom. The molecular formula is C14H19BrN2O2. The molecule has 1 aromatic carbocycles. The molecule has 0 bridgehead atoms. The van der Waals surface area contributed by atoms with Gasteiger partial charge >= 0.3 is 0 Å². The lowest BCUT2D eigenvalue weighted by Gasteiger charge is -2.31. The number of amides is 1. The summed E-state index contributed by atoms with van der Waals surface area (Å²) in [5.41, 5.74) is 2.39. The number of rotatable bonds is 4. The Morgan fingerprint density at radius 2 is 2.16 bits per heavy atom. The monoisotopic (exact) mass is 326 g/mol. The molecule has 2 N–H and O–H groups in total. The van der Waals surface area contributed by atoms with E-state index in [0.29, 0.717) is 17.3 Å². The van der Waals surface area contributed by atoms with Gasteiger partial charge in [-0.2, -0.15) is 0 Å². The van der Waals surface area contributed by atoms with Gasteiger partial charge in [-0.1, -0.05) is 6.92 Å². The molecule has 104 valence electrons. The van der Waals surface area contributed by atoms with E-state index < -0.39 is 6.10 Å². The normalized spacial score (nSPS) is 19.0. The number of aliphatic hydroxyl groups is 1. The van der Waals surface area contributed by atoms with E-state index in [1.165, 1.54) is 0 Å². The number of anilines is 2. The van der Waals surface area contributed by atoms with E-state index in [4.69, 9.17) is 0 Å². The van der Waals surface area contributed by atoms with E-state index in [1.807, 2.05) is 12.1 Å². The Balaban J connectivity index is 2.44. The molecule has 5 heteroatoms. The van der Waals surface area contributed by atoms with E-state index in [2.05, 4.69) is 46.9 Å². The molecule has 1 amide bonds. The smallest absolute Gasteiger partial charge is 0.257 e. The lowest BCUT2D eigenvalue weighted by molar-refractivity contribution is -0.123. The quantitative estimate of drug-likeness (QED) is 0.894. The molecule has 0 fully saturated rings. The van der Waals surface area contributed by atoms with Gasteiger partial charge in [-0.3, -0.25) is 4.79 Å². The molecule has 1 aliphatic heterocycles. The van der Waals surface area contributed by atoms with Crippen molar-refractivity contribution in [3.05, 3.63) is 22.2 Å². The molecule has 4 nitrogen and oxygen atoms in total. The minimum Gasteiger partial charge on any atom is -0.378 e. The molecule has 0 aliphatic carbocycles. The van der Waals surface area contributed by atoms with Gasteiger partial charge in [0.05, 0.1) is 5.69 Å². The Kier molecular flexibility index (Phi) is 4.16. The first-order valence-electron chi connectivity index (χ1n) is 6.58. The van der Waals surface area contributed by atoms with Crippen LogP contribution in [-0.2, 0) is 4.79 Å². The summed E-state index contributed by atoms with van der Waals surface area (Å²) >= 11 is 3.54. The number of nitrogens with zero attached hydrogens (tertiary/aromatic N) is 1. The van der Waals surface area contributed by atoms with E-state index in [1.54, 1.807) is 0 Å². The van der Waals surface area contributed by atoms with Crippen molar-refractivity contribution in [2.24, 2.45) is 0 Å². The number of aliphatic hydroxyl groups excluding tert-OH is 1. The van der Waals surface area contributed by atoms with E-state index in [0.717, 1.165) is 23.1 Å². The highest BCUT2D eigenvalue weighted by molar-refractivity contribution is 9.10. The number of carbonyl (C=O) groups is 1. The third-order valence-electron chi connectivity index (χ3n) is 3.69. The fraction of sp³-hybridized carbons (Fsp3) is 0.500. The molecule has 1 aliphatic rings. The molecule has 0 saturated heterocycles. The van der Waals surface area contributed by atoms with Gasteiger partial charge in [-0.05, 0) is 48.3 Å². The summed E-state index contributed by atoms with van der Waals surface area (Å²) in [5.74, 6) is -0.356. The van der Waals surface area contributed by atoms with Crippen molar-refractivity contribution in [1.29, 1.82) is 0 Å². The van der Waals surface area contributed by atoms with Gasteiger partial charge in [0.2, 0.25) is 0 Å². The van der Waals surface area contributed by atoms with Crippen LogP contribution in [0.15, 0.2) is 16.6 Å². The number of nitrogens with one attached hydrogen (secondary N) is 1. The lowest BCUT2D eigenvalue weighted by atomic mass is 10.1. The fourth-order valence-corrected chi connectivity index (χ4v) is 3.00. The van der Waals surface area contributed by atoms with Crippen LogP contribution in [-0.4, -0.2) is 23.6 Å². The number of carbonyl (C=O) groups excluding carboxylic acids is 1. The maximum atomic E-state index is 11.5. The van der Waals surface area contributed by atoms with Crippen LogP contribution in [0, 0.1) is 0 Å². The molecule has 2 atom stereocenters. The number of halogens is 1. The molecule has 2 rings (SSSR count). The minimum absolute atomic E-state index is 0.356. The highest BCUT2D eigenvalue weighted by Gasteiger charge is 2.30. The van der Waals surface area contributed by atoms with Crippen molar-refractivity contribution >= 4 is 33.2 Å². The molecule has 0 aromatic heterocycles. The van der Waals surface area contributed by atoms with Crippen molar-refractivity contribution in [3.8, 4) is 0 Å². The second-order valence-electron chi connectivity index (χ2n) is 4.83. The molecule has 0 radical (unpaired) electrons. The van der Waals surface area contributed by atoms with Gasteiger partial charge in [-0.15, -0.1) is 0 Å². The highest BCUT2D eigenvalue weighted by atomic mass is 79.9. The molecule has 2 unspecified atom stereocenters. The largest absolute Gasteiger partial charge is 0.378 e. The summed E-state index contributed by atoms with van der Waals surface area (Å²) in [4.78, 5) is 13.8. The lowest BCUT2D eigenvalue weighted by Crippen LogP contribution is -2.32. The molecule has 0 spiro atoms. The number of hydrogen-bond donors (Lipinski definition) is 2. The Bertz CT molecular complexity index is 504. The predicted octanol–water partition coefficient (Wildman–Crippen LogP) is 3.06. The Morgan fingerprint density at radius 3 is 2.74 bits per heavy atom. The van der Waals surface area contributed by atoms with Crippen molar-refractivity contribution in [3.63, 3.8) is 0 Å². The first-order valence-corrected chi connectivity index (χ1v) is 7.37. The molecular weight excluding hydrogens is 308 g/mol. The van der Waals surface area contributed by atoms with Gasteiger partial charge in [0, 0.05) is 28.3 Å². The Hall–Kier alpha value is -1.07. The molecule has 1 aromatic rings. The average molecular weight is 327 g/mol. The Labute approximate surface area is 121 Å². The van der Waals surface area contributed by atoms with Crippen LogP contribution >= 0.6 is 15.9 Å². The summed E-state index contributed by atoms with van der Waals surface area (Å²) < 4.78 is 0.906. The van der Waals surface area contributed by atoms with Crippen LogP contribution in [0.1, 0.15) is 38.9 Å². The zero-order chi connectivity index (χ0) is 14.2. The van der Waals surface area contributed by atoms with Crippen LogP contribution < -0.4 is 10.2 Å². The van der Waals surface area contributed by atoms with Gasteiger partial charge in [-0.25, -0.2) is 0 Å². The fourth-order valence-electron chi connectivity index (χ4n) is 2.41. The first-order chi connectivity index (χ1) is 8.99. The van der Waals surface area contributed by atoms with Gasteiger partial charge in [0.15, 0.2) is 6.10 Å². The van der Waals surface area contributed by atoms with Crippen LogP contribution in [0.25, 0.3) is 0 Å². The maximum Gasteiger partial charge on any atom is 0.257 e. The van der Waals surface area contributed by atoms with Gasteiger partial charge in [0.25, 0.3) is 5.91 Å². The number of hydrogen-bond acceptors (Lipinski definition) is 3. The predicted molar refractivity (Wildman–Crippen MR) is 80.5 cm³/mol. The SMILES string of the molecule is CCC(C)N(CC)c1cc2c(cc1Br)C(O)C(=O)N2. The summed E-state index contributed by atoms with van der Waals surface area (Å²) in [7, 11) is 0. The van der Waals surface area contributed by atoms with Crippen LogP contribution in [0.5, 0.6) is 0 Å². The third-order valence-corrected chi connectivity index (χ3v) is 4.33. The maximum absolute atomic E-state index is 11.5. The number of benzene rings is 1. The first kappa shape index (κ1) is 14.3. The van der Waals surface area contributed by atoms with E-state index >= 15 is 0 Å². The second kappa shape index (κ2) is 5.51. The van der Waals surface area contributed by atoms with Crippen molar-refractivity contribution < 1.29 is 9.90 Å². The zero-order valence-corrected chi connectivity index (χ0v) is 13.0. The minimum atomic E-state index is -1.06. The van der Waals surface area contributed by atoms with Crippen LogP contribution in [0.2, 0.25) is 0 Å². The van der Waals surface area contributed by atoms with E-state index in [-0.39, 0.29) is 5.91 Å². The average Bonchev–Trinajstić information content (AvgIpc) is 2.66. The summed E-state index contributed by atoms with van der Waals surface area (Å²) in [6.07, 6.45) is -0.00849. The van der Waals surface area contributed by atoms with Gasteiger partial charge < -0.3 is 15.3 Å². The standard InChI is InChI=1S/C14H19BrN2O2/c1-4-8(3)17(5-2)12-7-11-9(6-10(12)15)13(18)14(19)16-11/h6-8,13,18H,4-5H2,1-3H3,(H,16,19). The second-order valence-corrected chi connectivity index (χ2v) is 5.68. The summed E-state index contributed by atoms with van der Waals surface area (Å²) in [5, 5.41) is 12.5. The summed E-state index contributed by atoms with van der Waals surface area (Å²) in [6, 6.07) is 4.18. The van der Waals surface area contributed by atoms with Crippen molar-refractivity contribution in [2.45, 2.75) is 39.3 Å². The third kappa shape index (κ3) is 2.49. The van der Waals surface area contributed by atoms with E-state index in [9.17, 15) is 9.90 Å². The number of fused-ring (bicyclic) bond motifs is 1. The molecule has 1 heterocycles. The molecule has 0 saturated carbocycles. The van der Waals surface area contributed by atoms with Crippen LogP contribution in [0.4, 0.5) is 11.4 Å². The highest BCUT2D eigenvalue weighted by Crippen LogP contribution is 2.39. The van der Waals surface area contributed by atoms with Crippen molar-refractivity contribution in [1.82, 2.24) is 0 Å². The van der Waals surface area contributed by atoms with Crippen LogP contribution in [0.3, 0.4) is 0 Å². The van der Waals surface area contributed by atoms with Gasteiger partial charge in [0.1, 0.15) is 0 Å². The topological polar surface area (TPSA) is 52.6 Å². The molecule has 19 heavy (non-hydrogen) atoms. The van der Waals surface area contributed by atoms with Crippen molar-refractivity contribution in [2.75, 3.05) is 16.8 Å².